The molecule has 0 fully saturated rings. The van der Waals surface area contributed by atoms with Gasteiger partial charge in [-0.15, -0.1) is 0 Å². The lowest BCUT2D eigenvalue weighted by Crippen LogP contribution is -2.44. The molecule has 0 aliphatic heterocycles. The van der Waals surface area contributed by atoms with Gasteiger partial charge >= 0.3 is 0 Å². The maximum atomic E-state index is 12.4. The van der Waals surface area contributed by atoms with E-state index < -0.39 is 0 Å². The highest BCUT2D eigenvalue weighted by Crippen LogP contribution is 2.19. The summed E-state index contributed by atoms with van der Waals surface area (Å²) < 4.78 is 9.94. The van der Waals surface area contributed by atoms with Gasteiger partial charge in [0, 0.05) is 12.1 Å². The Balaban J connectivity index is 2.94. The summed E-state index contributed by atoms with van der Waals surface area (Å²) in [7, 11) is 1.49. The highest BCUT2D eigenvalue weighted by Gasteiger charge is 2.27. The SMILES string of the molecule is CCC(C)N(C(=O)c1cc(OC)no1)C(C)CC. The fraction of sp³-hybridized carbons (Fsp3) is 0.692. The van der Waals surface area contributed by atoms with Crippen molar-refractivity contribution in [1.82, 2.24) is 10.1 Å². The number of rotatable bonds is 6. The Morgan fingerprint density at radius 1 is 1.39 bits per heavy atom. The van der Waals surface area contributed by atoms with Crippen LogP contribution in [0.15, 0.2) is 10.6 Å². The van der Waals surface area contributed by atoms with E-state index in [1.54, 1.807) is 0 Å². The van der Waals surface area contributed by atoms with Crippen LogP contribution in [0.5, 0.6) is 5.88 Å². The van der Waals surface area contributed by atoms with Crippen LogP contribution in [0.3, 0.4) is 0 Å². The van der Waals surface area contributed by atoms with Gasteiger partial charge in [0.25, 0.3) is 11.8 Å². The number of carbonyl (C=O) groups is 1. The molecular weight excluding hydrogens is 232 g/mol. The van der Waals surface area contributed by atoms with Crippen molar-refractivity contribution in [1.29, 1.82) is 0 Å². The lowest BCUT2D eigenvalue weighted by molar-refractivity contribution is 0.0555. The largest absolute Gasteiger partial charge is 0.479 e. The molecule has 0 aliphatic rings. The lowest BCUT2D eigenvalue weighted by Gasteiger charge is -2.33. The molecule has 1 aromatic rings. The Labute approximate surface area is 108 Å². The van der Waals surface area contributed by atoms with Crippen LogP contribution in [-0.2, 0) is 0 Å². The number of carbonyl (C=O) groups excluding carboxylic acids is 1. The van der Waals surface area contributed by atoms with Crippen LogP contribution in [0, 0.1) is 0 Å². The zero-order valence-corrected chi connectivity index (χ0v) is 11.8. The van der Waals surface area contributed by atoms with Gasteiger partial charge in [0.2, 0.25) is 5.76 Å². The minimum atomic E-state index is -0.130. The molecule has 0 saturated heterocycles. The van der Waals surface area contributed by atoms with Gasteiger partial charge in [-0.2, -0.15) is 0 Å². The van der Waals surface area contributed by atoms with Crippen molar-refractivity contribution >= 4 is 5.91 Å². The van der Waals surface area contributed by atoms with Crippen molar-refractivity contribution in [2.75, 3.05) is 7.11 Å². The third-order valence-corrected chi connectivity index (χ3v) is 3.27. The van der Waals surface area contributed by atoms with Crippen molar-refractivity contribution in [2.45, 2.75) is 52.6 Å². The predicted octanol–water partition coefficient (Wildman–Crippen LogP) is 2.72. The average Bonchev–Trinajstić information content (AvgIpc) is 2.86. The van der Waals surface area contributed by atoms with E-state index in [0.717, 1.165) is 12.8 Å². The van der Waals surface area contributed by atoms with Gasteiger partial charge in [-0.3, -0.25) is 4.79 Å². The van der Waals surface area contributed by atoms with Gasteiger partial charge in [-0.05, 0) is 31.8 Å². The summed E-state index contributed by atoms with van der Waals surface area (Å²) in [6.45, 7) is 8.21. The van der Waals surface area contributed by atoms with Crippen LogP contribution in [0.1, 0.15) is 51.1 Å². The van der Waals surface area contributed by atoms with E-state index in [1.165, 1.54) is 13.2 Å². The Morgan fingerprint density at radius 2 is 1.94 bits per heavy atom. The predicted molar refractivity (Wildman–Crippen MR) is 68.7 cm³/mol. The molecule has 1 aromatic heterocycles. The number of hydrogen-bond acceptors (Lipinski definition) is 4. The molecule has 0 saturated carbocycles. The summed E-state index contributed by atoms with van der Waals surface area (Å²) in [5, 5.41) is 3.66. The molecule has 5 nitrogen and oxygen atoms in total. The second-order valence-corrected chi connectivity index (χ2v) is 4.46. The molecule has 5 heteroatoms. The molecule has 2 atom stereocenters. The number of ether oxygens (including phenoxy) is 1. The average molecular weight is 254 g/mol. The van der Waals surface area contributed by atoms with Crippen LogP contribution >= 0.6 is 0 Å². The molecule has 102 valence electrons. The smallest absolute Gasteiger partial charge is 0.293 e. The first-order valence-corrected chi connectivity index (χ1v) is 6.38. The number of aromatic nitrogens is 1. The van der Waals surface area contributed by atoms with E-state index in [0.29, 0.717) is 5.88 Å². The Hall–Kier alpha value is -1.52. The van der Waals surface area contributed by atoms with Crippen LogP contribution in [-0.4, -0.2) is 35.2 Å². The molecule has 0 bridgehead atoms. The van der Waals surface area contributed by atoms with Crippen molar-refractivity contribution in [2.24, 2.45) is 0 Å². The van der Waals surface area contributed by atoms with Crippen molar-refractivity contribution < 1.29 is 14.1 Å². The summed E-state index contributed by atoms with van der Waals surface area (Å²) in [6.07, 6.45) is 1.81. The molecule has 0 aromatic carbocycles. The van der Waals surface area contributed by atoms with Crippen molar-refractivity contribution in [3.8, 4) is 5.88 Å². The quantitative estimate of drug-likeness (QED) is 0.783. The van der Waals surface area contributed by atoms with Crippen LogP contribution in [0.4, 0.5) is 0 Å². The number of methoxy groups -OCH3 is 1. The molecule has 0 aliphatic carbocycles. The lowest BCUT2D eigenvalue weighted by atomic mass is 10.1. The van der Waals surface area contributed by atoms with Crippen molar-refractivity contribution in [3.63, 3.8) is 0 Å². The first-order chi connectivity index (χ1) is 8.54. The second kappa shape index (κ2) is 6.42. The summed E-state index contributed by atoms with van der Waals surface area (Å²) in [6, 6.07) is 1.87. The summed E-state index contributed by atoms with van der Waals surface area (Å²) >= 11 is 0. The van der Waals surface area contributed by atoms with Gasteiger partial charge in [0.15, 0.2) is 0 Å². The highest BCUT2D eigenvalue weighted by atomic mass is 16.5. The van der Waals surface area contributed by atoms with E-state index in [2.05, 4.69) is 19.0 Å². The minimum Gasteiger partial charge on any atom is -0.479 e. The zero-order chi connectivity index (χ0) is 13.7. The van der Waals surface area contributed by atoms with Gasteiger partial charge in [-0.25, -0.2) is 0 Å². The molecule has 0 radical (unpaired) electrons. The monoisotopic (exact) mass is 254 g/mol. The molecule has 2 unspecified atom stereocenters. The standard InChI is InChI=1S/C13H22N2O3/c1-6-9(3)15(10(4)7-2)13(16)11-8-12(17-5)14-18-11/h8-10H,6-7H2,1-5H3. The topological polar surface area (TPSA) is 55.6 Å². The first kappa shape index (κ1) is 14.5. The fourth-order valence-electron chi connectivity index (χ4n) is 1.81. The van der Waals surface area contributed by atoms with E-state index in [-0.39, 0.29) is 23.8 Å². The molecule has 0 spiro atoms. The molecule has 18 heavy (non-hydrogen) atoms. The zero-order valence-electron chi connectivity index (χ0n) is 11.8. The number of amides is 1. The molecule has 0 N–H and O–H groups in total. The maximum Gasteiger partial charge on any atom is 0.293 e. The second-order valence-electron chi connectivity index (χ2n) is 4.46. The third kappa shape index (κ3) is 3.03. The Kier molecular flexibility index (Phi) is 5.19. The van der Waals surface area contributed by atoms with Crippen molar-refractivity contribution in [3.05, 3.63) is 11.8 Å². The van der Waals surface area contributed by atoms with Gasteiger partial charge in [-0.1, -0.05) is 13.8 Å². The van der Waals surface area contributed by atoms with E-state index >= 15 is 0 Å². The summed E-state index contributed by atoms with van der Waals surface area (Å²) in [4.78, 5) is 14.3. The van der Waals surface area contributed by atoms with Gasteiger partial charge in [0.1, 0.15) is 0 Å². The molecule has 1 rings (SSSR count). The molecular formula is C13H22N2O3. The Bertz CT molecular complexity index is 379. The fourth-order valence-corrected chi connectivity index (χ4v) is 1.81. The van der Waals surface area contributed by atoms with Gasteiger partial charge < -0.3 is 14.2 Å². The normalized spacial score (nSPS) is 14.1. The van der Waals surface area contributed by atoms with Crippen LogP contribution in [0.25, 0.3) is 0 Å². The first-order valence-electron chi connectivity index (χ1n) is 6.38. The maximum absolute atomic E-state index is 12.4. The number of nitrogens with zero attached hydrogens (tertiary/aromatic N) is 2. The molecule has 1 heterocycles. The Morgan fingerprint density at radius 3 is 2.33 bits per heavy atom. The van der Waals surface area contributed by atoms with E-state index in [9.17, 15) is 4.79 Å². The van der Waals surface area contributed by atoms with E-state index in [4.69, 9.17) is 9.26 Å². The third-order valence-electron chi connectivity index (χ3n) is 3.27. The minimum absolute atomic E-state index is 0.130. The summed E-state index contributed by atoms with van der Waals surface area (Å²) in [5.41, 5.74) is 0. The highest BCUT2D eigenvalue weighted by molar-refractivity contribution is 5.92. The van der Waals surface area contributed by atoms with Crippen LogP contribution < -0.4 is 4.74 Å². The number of hydrogen-bond donors (Lipinski definition) is 0. The molecule has 1 amide bonds. The van der Waals surface area contributed by atoms with Gasteiger partial charge in [0.05, 0.1) is 13.2 Å². The summed E-state index contributed by atoms with van der Waals surface area (Å²) in [5.74, 6) is 0.425. The van der Waals surface area contributed by atoms with Crippen LogP contribution in [0.2, 0.25) is 0 Å². The van der Waals surface area contributed by atoms with E-state index in [1.807, 2.05) is 18.7 Å².